The van der Waals surface area contributed by atoms with Gasteiger partial charge in [-0.1, -0.05) is 26.2 Å². The van der Waals surface area contributed by atoms with Crippen LogP contribution in [0.15, 0.2) is 18.2 Å². The van der Waals surface area contributed by atoms with E-state index in [1.54, 1.807) is 12.1 Å². The number of fused-ring (bicyclic) bond motifs is 1. The Morgan fingerprint density at radius 3 is 2.46 bits per heavy atom. The first kappa shape index (κ1) is 18.9. The molecule has 1 aliphatic heterocycles. The summed E-state index contributed by atoms with van der Waals surface area (Å²) in [5.74, 6) is -0.541. The number of carbonyl (C=O) groups excluding carboxylic acids is 2. The van der Waals surface area contributed by atoms with E-state index in [-0.39, 0.29) is 35.4 Å². The van der Waals surface area contributed by atoms with Gasteiger partial charge in [-0.05, 0) is 50.2 Å². The van der Waals surface area contributed by atoms with Crippen molar-refractivity contribution in [1.29, 1.82) is 0 Å². The lowest BCUT2D eigenvalue weighted by Gasteiger charge is -2.25. The number of amides is 2. The van der Waals surface area contributed by atoms with Crippen molar-refractivity contribution in [1.82, 2.24) is 0 Å². The Morgan fingerprint density at radius 2 is 1.75 bits per heavy atom. The van der Waals surface area contributed by atoms with Gasteiger partial charge in [0, 0.05) is 12.1 Å². The number of anilines is 2. The number of nitro groups is 1. The smallest absolute Gasteiger partial charge is 0.294 e. The Bertz CT molecular complexity index is 803. The highest BCUT2D eigenvalue weighted by atomic mass is 16.6. The predicted octanol–water partition coefficient (Wildman–Crippen LogP) is 4.27. The van der Waals surface area contributed by atoms with E-state index in [0.29, 0.717) is 17.3 Å². The Kier molecular flexibility index (Phi) is 5.08. The first-order chi connectivity index (χ1) is 13.5. The monoisotopic (exact) mass is 385 g/mol. The summed E-state index contributed by atoms with van der Waals surface area (Å²) in [6.45, 7) is 2.10. The largest absolute Gasteiger partial charge is 0.377 e. The van der Waals surface area contributed by atoms with E-state index in [1.165, 1.54) is 17.4 Å². The molecule has 1 heterocycles. The number of nitro benzene ring substituents is 1. The maximum absolute atomic E-state index is 12.9. The van der Waals surface area contributed by atoms with Crippen molar-refractivity contribution in [3.63, 3.8) is 0 Å². The van der Waals surface area contributed by atoms with Crippen LogP contribution in [0.4, 0.5) is 17.1 Å². The molecule has 0 unspecified atom stereocenters. The lowest BCUT2D eigenvalue weighted by molar-refractivity contribution is -0.383. The van der Waals surface area contributed by atoms with Gasteiger partial charge in [0.1, 0.15) is 5.69 Å². The molecule has 0 radical (unpaired) electrons. The van der Waals surface area contributed by atoms with E-state index in [4.69, 9.17) is 0 Å². The van der Waals surface area contributed by atoms with Crippen LogP contribution in [-0.4, -0.2) is 22.8 Å². The van der Waals surface area contributed by atoms with Crippen molar-refractivity contribution in [3.8, 4) is 0 Å². The van der Waals surface area contributed by atoms with Crippen molar-refractivity contribution < 1.29 is 14.5 Å². The lowest BCUT2D eigenvalue weighted by Crippen LogP contribution is -2.31. The van der Waals surface area contributed by atoms with Crippen LogP contribution in [0.2, 0.25) is 0 Å². The molecular formula is C21H27N3O4. The van der Waals surface area contributed by atoms with Crippen molar-refractivity contribution in [2.75, 3.05) is 10.2 Å². The summed E-state index contributed by atoms with van der Waals surface area (Å²) >= 11 is 0. The third-order valence-corrected chi connectivity index (χ3v) is 6.59. The minimum Gasteiger partial charge on any atom is -0.377 e. The molecule has 2 saturated carbocycles. The van der Waals surface area contributed by atoms with E-state index in [1.807, 2.05) is 0 Å². The fraction of sp³-hybridized carbons (Fsp3) is 0.619. The Labute approximate surface area is 164 Å². The van der Waals surface area contributed by atoms with Gasteiger partial charge >= 0.3 is 0 Å². The molecule has 2 amide bonds. The third-order valence-electron chi connectivity index (χ3n) is 6.59. The molecule has 3 atom stereocenters. The van der Waals surface area contributed by atoms with Crippen molar-refractivity contribution in [2.24, 2.45) is 17.8 Å². The molecule has 0 aromatic heterocycles. The summed E-state index contributed by atoms with van der Waals surface area (Å²) in [5.41, 5.74) is 0.704. The van der Waals surface area contributed by atoms with Gasteiger partial charge in [0.2, 0.25) is 11.8 Å². The van der Waals surface area contributed by atoms with Crippen molar-refractivity contribution in [3.05, 3.63) is 28.3 Å². The molecule has 0 spiro atoms. The SMILES string of the molecule is C[C@@H]1CC[C@H]2C(=O)N(c3ccc(NC4CCCCC4)c([N+](=O)[O-])c3)C(=O)[C@H]2C1. The Morgan fingerprint density at radius 1 is 1.04 bits per heavy atom. The van der Waals surface area contributed by atoms with E-state index in [0.717, 1.165) is 44.9 Å². The standard InChI is InChI=1S/C21H27N3O4/c1-13-7-9-16-17(11-13)21(26)23(20(16)25)15-8-10-18(19(12-15)24(27)28)22-14-5-3-2-4-6-14/h8,10,12-14,16-17,22H,2-7,9,11H2,1H3/t13-,16-,17+/m1/s1. The number of carbonyl (C=O) groups is 2. The second-order valence-electron chi connectivity index (χ2n) is 8.58. The number of nitrogens with zero attached hydrogens (tertiary/aromatic N) is 2. The summed E-state index contributed by atoms with van der Waals surface area (Å²) in [7, 11) is 0. The van der Waals surface area contributed by atoms with Gasteiger partial charge in [-0.15, -0.1) is 0 Å². The Hall–Kier alpha value is -2.44. The first-order valence-electron chi connectivity index (χ1n) is 10.4. The Balaban J connectivity index is 1.61. The molecule has 1 aromatic carbocycles. The minimum atomic E-state index is -0.436. The van der Waals surface area contributed by atoms with Gasteiger partial charge in [0.25, 0.3) is 5.69 Å². The zero-order valence-corrected chi connectivity index (χ0v) is 16.2. The van der Waals surface area contributed by atoms with Gasteiger partial charge in [-0.3, -0.25) is 19.7 Å². The van der Waals surface area contributed by atoms with Crippen LogP contribution in [0.1, 0.15) is 58.3 Å². The maximum atomic E-state index is 12.9. The number of nitrogens with one attached hydrogen (secondary N) is 1. The highest BCUT2D eigenvalue weighted by molar-refractivity contribution is 6.22. The summed E-state index contributed by atoms with van der Waals surface area (Å²) < 4.78 is 0. The molecule has 7 nitrogen and oxygen atoms in total. The molecule has 7 heteroatoms. The van der Waals surface area contributed by atoms with Gasteiger partial charge in [-0.25, -0.2) is 4.90 Å². The van der Waals surface area contributed by atoms with E-state index >= 15 is 0 Å². The van der Waals surface area contributed by atoms with E-state index in [9.17, 15) is 19.7 Å². The van der Waals surface area contributed by atoms with Crippen LogP contribution in [0.25, 0.3) is 0 Å². The average molecular weight is 385 g/mol. The van der Waals surface area contributed by atoms with E-state index in [2.05, 4.69) is 12.2 Å². The van der Waals surface area contributed by atoms with Crippen LogP contribution < -0.4 is 10.2 Å². The molecule has 1 saturated heterocycles. The van der Waals surface area contributed by atoms with Crippen molar-refractivity contribution in [2.45, 2.75) is 64.3 Å². The van der Waals surface area contributed by atoms with Crippen LogP contribution >= 0.6 is 0 Å². The number of imide groups is 1. The topological polar surface area (TPSA) is 92.6 Å². The second-order valence-corrected chi connectivity index (χ2v) is 8.58. The van der Waals surface area contributed by atoms with E-state index < -0.39 is 4.92 Å². The summed E-state index contributed by atoms with van der Waals surface area (Å²) in [5, 5.41) is 15.0. The normalized spacial score (nSPS) is 28.3. The third kappa shape index (κ3) is 3.38. The zero-order valence-electron chi connectivity index (χ0n) is 16.2. The molecule has 150 valence electrons. The van der Waals surface area contributed by atoms with Crippen LogP contribution in [0.5, 0.6) is 0 Å². The fourth-order valence-electron chi connectivity index (χ4n) is 5.04. The molecule has 0 bridgehead atoms. The highest BCUT2D eigenvalue weighted by Crippen LogP contribution is 2.43. The quantitative estimate of drug-likeness (QED) is 0.475. The molecule has 2 aliphatic carbocycles. The van der Waals surface area contributed by atoms with Crippen LogP contribution in [0, 0.1) is 27.9 Å². The molecule has 1 N–H and O–H groups in total. The number of benzene rings is 1. The van der Waals surface area contributed by atoms with Gasteiger partial charge < -0.3 is 5.32 Å². The van der Waals surface area contributed by atoms with Crippen LogP contribution in [0.3, 0.4) is 0 Å². The number of hydrogen-bond acceptors (Lipinski definition) is 5. The highest BCUT2D eigenvalue weighted by Gasteiger charge is 2.50. The lowest BCUT2D eigenvalue weighted by atomic mass is 9.76. The number of hydrogen-bond donors (Lipinski definition) is 1. The summed E-state index contributed by atoms with van der Waals surface area (Å²) in [4.78, 5) is 38.2. The van der Waals surface area contributed by atoms with Crippen LogP contribution in [-0.2, 0) is 9.59 Å². The van der Waals surface area contributed by atoms with Gasteiger partial charge in [-0.2, -0.15) is 0 Å². The van der Waals surface area contributed by atoms with Crippen molar-refractivity contribution >= 4 is 28.9 Å². The zero-order chi connectivity index (χ0) is 19.8. The molecule has 28 heavy (non-hydrogen) atoms. The average Bonchev–Trinajstić information content (AvgIpc) is 2.93. The molecular weight excluding hydrogens is 358 g/mol. The maximum Gasteiger partial charge on any atom is 0.294 e. The summed E-state index contributed by atoms with van der Waals surface area (Å²) in [6.07, 6.45) is 7.85. The molecule has 3 fully saturated rings. The summed E-state index contributed by atoms with van der Waals surface area (Å²) in [6, 6.07) is 4.92. The minimum absolute atomic E-state index is 0.0769. The fourth-order valence-corrected chi connectivity index (χ4v) is 5.04. The van der Waals surface area contributed by atoms with Gasteiger partial charge in [0.15, 0.2) is 0 Å². The number of rotatable bonds is 4. The second kappa shape index (κ2) is 7.53. The molecule has 3 aliphatic rings. The molecule has 4 rings (SSSR count). The first-order valence-corrected chi connectivity index (χ1v) is 10.4. The predicted molar refractivity (Wildman–Crippen MR) is 106 cm³/mol. The molecule has 1 aromatic rings. The van der Waals surface area contributed by atoms with Gasteiger partial charge in [0.05, 0.1) is 22.4 Å².